The highest BCUT2D eigenvalue weighted by Crippen LogP contribution is 2.31. The Kier molecular flexibility index (Phi) is 6.03. The number of aliphatic hydroxyl groups excluding tert-OH is 1. The molecule has 1 aliphatic rings. The molecule has 0 saturated heterocycles. The molecule has 3 aromatic rings. The van der Waals surface area contributed by atoms with Crippen LogP contribution in [0.3, 0.4) is 0 Å². The van der Waals surface area contributed by atoms with E-state index >= 15 is 0 Å². The molecule has 4 rings (SSSR count). The fraction of sp³-hybridized carbons (Fsp3) is 0.182. The number of halogens is 1. The van der Waals surface area contributed by atoms with Gasteiger partial charge in [-0.15, -0.1) is 0 Å². The molecular formula is C22H21ClN4O2S. The lowest BCUT2D eigenvalue weighted by atomic mass is 10.0. The number of rotatable bonds is 4. The van der Waals surface area contributed by atoms with E-state index in [2.05, 4.69) is 10.6 Å². The molecule has 0 fully saturated rings. The zero-order valence-electron chi connectivity index (χ0n) is 16.2. The number of furan rings is 1. The fourth-order valence-electron chi connectivity index (χ4n) is 3.33. The number of anilines is 1. The highest BCUT2D eigenvalue weighted by Gasteiger charge is 2.30. The first-order chi connectivity index (χ1) is 14.5. The first-order valence-electron chi connectivity index (χ1n) is 9.44. The van der Waals surface area contributed by atoms with E-state index in [1.165, 1.54) is 0 Å². The van der Waals surface area contributed by atoms with Crippen LogP contribution in [-0.2, 0) is 6.54 Å². The van der Waals surface area contributed by atoms with Gasteiger partial charge < -0.3 is 25.1 Å². The molecule has 2 aromatic carbocycles. The molecule has 30 heavy (non-hydrogen) atoms. The SMILES string of the molecule is CN1c2ccc(Cl)cc2C(c2ccccc2)=NC(NC(=S)NCc2ccco2)C1O. The molecule has 2 heterocycles. The monoisotopic (exact) mass is 440 g/mol. The van der Waals surface area contributed by atoms with Gasteiger partial charge in [-0.3, -0.25) is 4.99 Å². The van der Waals surface area contributed by atoms with Crippen molar-refractivity contribution < 1.29 is 9.52 Å². The van der Waals surface area contributed by atoms with Crippen molar-refractivity contribution in [2.45, 2.75) is 18.9 Å². The molecule has 2 unspecified atom stereocenters. The van der Waals surface area contributed by atoms with E-state index in [4.69, 9.17) is 33.2 Å². The first kappa shape index (κ1) is 20.4. The Hall–Kier alpha value is -2.87. The van der Waals surface area contributed by atoms with E-state index < -0.39 is 12.4 Å². The van der Waals surface area contributed by atoms with Crippen molar-refractivity contribution in [2.24, 2.45) is 4.99 Å². The normalized spacial score (nSPS) is 18.2. The summed E-state index contributed by atoms with van der Waals surface area (Å²) in [5.74, 6) is 0.758. The fourth-order valence-corrected chi connectivity index (χ4v) is 3.70. The minimum absolute atomic E-state index is 0.365. The molecule has 154 valence electrons. The predicted molar refractivity (Wildman–Crippen MR) is 123 cm³/mol. The number of aliphatic hydroxyl groups is 1. The van der Waals surface area contributed by atoms with Crippen molar-refractivity contribution in [1.82, 2.24) is 10.6 Å². The number of nitrogens with one attached hydrogen (secondary N) is 2. The highest BCUT2D eigenvalue weighted by atomic mass is 35.5. The minimum Gasteiger partial charge on any atom is -0.467 e. The summed E-state index contributed by atoms with van der Waals surface area (Å²) in [5.41, 5.74) is 3.31. The number of hydrogen-bond acceptors (Lipinski definition) is 5. The number of aliphatic imine (C=N–C) groups is 1. The van der Waals surface area contributed by atoms with E-state index in [0.717, 1.165) is 28.3 Å². The van der Waals surface area contributed by atoms with Gasteiger partial charge in [0.2, 0.25) is 0 Å². The zero-order chi connectivity index (χ0) is 21.1. The third-order valence-electron chi connectivity index (χ3n) is 4.87. The van der Waals surface area contributed by atoms with E-state index in [0.29, 0.717) is 16.7 Å². The quantitative estimate of drug-likeness (QED) is 0.539. The summed E-state index contributed by atoms with van der Waals surface area (Å²) in [5, 5.41) is 18.2. The molecule has 0 aliphatic carbocycles. The second-order valence-corrected chi connectivity index (χ2v) is 7.73. The van der Waals surface area contributed by atoms with Crippen LogP contribution in [0.1, 0.15) is 16.9 Å². The number of nitrogens with zero attached hydrogens (tertiary/aromatic N) is 2. The maximum Gasteiger partial charge on any atom is 0.168 e. The van der Waals surface area contributed by atoms with Crippen LogP contribution in [0, 0.1) is 0 Å². The smallest absolute Gasteiger partial charge is 0.168 e. The van der Waals surface area contributed by atoms with Crippen LogP contribution in [0.25, 0.3) is 0 Å². The van der Waals surface area contributed by atoms with E-state index in [9.17, 15) is 5.11 Å². The van der Waals surface area contributed by atoms with Gasteiger partial charge in [-0.2, -0.15) is 0 Å². The number of benzene rings is 2. The summed E-state index contributed by atoms with van der Waals surface area (Å²) in [7, 11) is 1.81. The third-order valence-corrected chi connectivity index (χ3v) is 5.37. The van der Waals surface area contributed by atoms with Crippen molar-refractivity contribution in [3.05, 3.63) is 88.8 Å². The van der Waals surface area contributed by atoms with Gasteiger partial charge in [0.15, 0.2) is 17.5 Å². The Morgan fingerprint density at radius 3 is 2.73 bits per heavy atom. The number of thiocarbonyl (C=S) groups is 1. The topological polar surface area (TPSA) is 73.0 Å². The van der Waals surface area contributed by atoms with E-state index in [-0.39, 0.29) is 0 Å². The molecule has 0 radical (unpaired) electrons. The lowest BCUT2D eigenvalue weighted by molar-refractivity contribution is 0.140. The molecule has 3 N–H and O–H groups in total. The van der Waals surface area contributed by atoms with Crippen molar-refractivity contribution in [3.63, 3.8) is 0 Å². The lowest BCUT2D eigenvalue weighted by Crippen LogP contribution is -2.51. The predicted octanol–water partition coefficient (Wildman–Crippen LogP) is 3.53. The maximum absolute atomic E-state index is 11.0. The lowest BCUT2D eigenvalue weighted by Gasteiger charge is -2.29. The van der Waals surface area contributed by atoms with Crippen LogP contribution >= 0.6 is 23.8 Å². The minimum atomic E-state index is -0.950. The standard InChI is InChI=1S/C22H21ClN4O2S/c1-27-18-10-9-15(23)12-17(18)19(14-6-3-2-4-7-14)25-20(21(27)28)26-22(30)24-13-16-8-5-11-29-16/h2-12,20-21,28H,13H2,1H3,(H2,24,26,30). The third kappa shape index (κ3) is 4.33. The molecule has 8 heteroatoms. The molecule has 0 bridgehead atoms. The Morgan fingerprint density at radius 2 is 2.00 bits per heavy atom. The van der Waals surface area contributed by atoms with E-state index in [1.807, 2.05) is 61.6 Å². The average molecular weight is 441 g/mol. The summed E-state index contributed by atoms with van der Waals surface area (Å²) >= 11 is 11.7. The van der Waals surface area contributed by atoms with Crippen LogP contribution in [0.2, 0.25) is 5.02 Å². The average Bonchev–Trinajstić information content (AvgIpc) is 3.25. The van der Waals surface area contributed by atoms with Gasteiger partial charge in [0, 0.05) is 28.9 Å². The number of hydrogen-bond donors (Lipinski definition) is 3. The van der Waals surface area contributed by atoms with Crippen LogP contribution in [0.15, 0.2) is 76.3 Å². The van der Waals surface area contributed by atoms with Gasteiger partial charge >= 0.3 is 0 Å². The van der Waals surface area contributed by atoms with Crippen molar-refractivity contribution in [3.8, 4) is 0 Å². The molecule has 0 spiro atoms. The zero-order valence-corrected chi connectivity index (χ0v) is 17.8. The highest BCUT2D eigenvalue weighted by molar-refractivity contribution is 7.80. The Morgan fingerprint density at radius 1 is 1.20 bits per heavy atom. The van der Waals surface area contributed by atoms with Gasteiger partial charge in [0.05, 0.1) is 18.5 Å². The van der Waals surface area contributed by atoms with Crippen molar-refractivity contribution in [2.75, 3.05) is 11.9 Å². The Labute approximate surface area is 185 Å². The van der Waals surface area contributed by atoms with Crippen molar-refractivity contribution >= 4 is 40.3 Å². The summed E-state index contributed by atoms with van der Waals surface area (Å²) in [6.07, 6.45) is -0.0430. The maximum atomic E-state index is 11.0. The second kappa shape index (κ2) is 8.87. The van der Waals surface area contributed by atoms with Gasteiger partial charge in [-0.25, -0.2) is 0 Å². The van der Waals surface area contributed by atoms with Crippen LogP contribution < -0.4 is 15.5 Å². The van der Waals surface area contributed by atoms with Gasteiger partial charge in [0.25, 0.3) is 0 Å². The van der Waals surface area contributed by atoms with Crippen LogP contribution in [0.5, 0.6) is 0 Å². The van der Waals surface area contributed by atoms with Crippen LogP contribution in [0.4, 0.5) is 5.69 Å². The van der Waals surface area contributed by atoms with E-state index in [1.54, 1.807) is 17.2 Å². The number of benzodiazepines with no additional fused rings is 1. The summed E-state index contributed by atoms with van der Waals surface area (Å²) < 4.78 is 5.31. The number of fused-ring (bicyclic) bond motifs is 1. The Bertz CT molecular complexity index is 1060. The Balaban J connectivity index is 1.66. The van der Waals surface area contributed by atoms with Gasteiger partial charge in [-0.1, -0.05) is 41.9 Å². The van der Waals surface area contributed by atoms with Crippen molar-refractivity contribution in [1.29, 1.82) is 0 Å². The molecule has 0 saturated carbocycles. The summed E-state index contributed by atoms with van der Waals surface area (Å²) in [4.78, 5) is 6.61. The molecule has 1 aliphatic heterocycles. The van der Waals surface area contributed by atoms with Gasteiger partial charge in [-0.05, 0) is 42.5 Å². The van der Waals surface area contributed by atoms with Gasteiger partial charge in [0.1, 0.15) is 5.76 Å². The first-order valence-corrected chi connectivity index (χ1v) is 10.2. The summed E-state index contributed by atoms with van der Waals surface area (Å²) in [6, 6.07) is 19.0. The molecule has 0 amide bonds. The second-order valence-electron chi connectivity index (χ2n) is 6.88. The largest absolute Gasteiger partial charge is 0.467 e. The number of likely N-dealkylation sites (N-methyl/N-ethyl adjacent to an activating group) is 1. The molecular weight excluding hydrogens is 420 g/mol. The van der Waals surface area contributed by atoms with Crippen LogP contribution in [-0.4, -0.2) is 35.4 Å². The molecule has 1 aromatic heterocycles. The summed E-state index contributed by atoms with van der Waals surface area (Å²) in [6.45, 7) is 0.433. The molecule has 2 atom stereocenters. The molecule has 6 nitrogen and oxygen atoms in total.